The molecule has 1 aromatic rings. The highest BCUT2D eigenvalue weighted by Crippen LogP contribution is 2.34. The van der Waals surface area contributed by atoms with Crippen molar-refractivity contribution in [3.05, 3.63) is 42.0 Å². The predicted octanol–water partition coefficient (Wildman–Crippen LogP) is 3.07. The average molecular weight is 289 g/mol. The van der Waals surface area contributed by atoms with Gasteiger partial charge >= 0.3 is 6.18 Å². The number of hydrogen-bond donors (Lipinski definition) is 3. The summed E-state index contributed by atoms with van der Waals surface area (Å²) in [6.07, 6.45) is -4.42. The fourth-order valence-electron chi connectivity index (χ4n) is 1.24. The number of para-hydroxylation sites is 1. The van der Waals surface area contributed by atoms with Gasteiger partial charge in [0.15, 0.2) is 5.11 Å². The van der Waals surface area contributed by atoms with E-state index in [9.17, 15) is 13.2 Å². The van der Waals surface area contributed by atoms with E-state index in [0.717, 1.165) is 11.6 Å². The first-order valence-electron chi connectivity index (χ1n) is 5.41. The Hall–Kier alpha value is -1.76. The Morgan fingerprint density at radius 3 is 2.53 bits per heavy atom. The fourth-order valence-corrected chi connectivity index (χ4v) is 1.36. The van der Waals surface area contributed by atoms with Crippen molar-refractivity contribution < 1.29 is 13.2 Å². The average Bonchev–Trinajstić information content (AvgIpc) is 2.33. The van der Waals surface area contributed by atoms with Gasteiger partial charge in [0.25, 0.3) is 0 Å². The van der Waals surface area contributed by atoms with Crippen LogP contribution in [0.5, 0.6) is 0 Å². The minimum Gasteiger partial charge on any atom is -0.358 e. The number of alkyl halides is 3. The van der Waals surface area contributed by atoms with E-state index in [1.807, 2.05) is 6.92 Å². The number of hydrogen-bond acceptors (Lipinski definition) is 2. The second kappa shape index (κ2) is 6.42. The maximum Gasteiger partial charge on any atom is 0.418 e. The Labute approximate surface area is 114 Å². The fraction of sp³-hybridized carbons (Fsp3) is 0.250. The van der Waals surface area contributed by atoms with Crippen LogP contribution in [0.25, 0.3) is 0 Å². The quantitative estimate of drug-likeness (QED) is 0.452. The molecule has 0 aliphatic rings. The second-order valence-corrected chi connectivity index (χ2v) is 4.34. The van der Waals surface area contributed by atoms with Crippen molar-refractivity contribution in [3.63, 3.8) is 0 Å². The third-order valence-corrected chi connectivity index (χ3v) is 2.34. The zero-order chi connectivity index (χ0) is 14.5. The zero-order valence-electron chi connectivity index (χ0n) is 10.3. The van der Waals surface area contributed by atoms with Crippen LogP contribution in [-0.4, -0.2) is 11.7 Å². The molecule has 0 fully saturated rings. The highest BCUT2D eigenvalue weighted by atomic mass is 32.1. The molecule has 3 N–H and O–H groups in total. The van der Waals surface area contributed by atoms with E-state index in [1.165, 1.54) is 18.2 Å². The first kappa shape index (κ1) is 15.3. The van der Waals surface area contributed by atoms with Gasteiger partial charge in [-0.05, 0) is 31.3 Å². The SMILES string of the molecule is C=C(C)CNC(=S)NNc1ccccc1C(F)(F)F. The molecule has 0 unspecified atom stereocenters. The van der Waals surface area contributed by atoms with E-state index in [0.29, 0.717) is 6.54 Å². The van der Waals surface area contributed by atoms with Crippen LogP contribution in [0.15, 0.2) is 36.4 Å². The first-order valence-corrected chi connectivity index (χ1v) is 5.82. The lowest BCUT2D eigenvalue weighted by Gasteiger charge is -2.16. The normalized spacial score (nSPS) is 10.7. The van der Waals surface area contributed by atoms with Gasteiger partial charge in [0, 0.05) is 6.54 Å². The number of benzene rings is 1. The molecule has 0 bridgehead atoms. The van der Waals surface area contributed by atoms with Crippen molar-refractivity contribution in [2.24, 2.45) is 0 Å². The van der Waals surface area contributed by atoms with E-state index in [1.54, 1.807) is 0 Å². The highest BCUT2D eigenvalue weighted by Gasteiger charge is 2.33. The molecule has 19 heavy (non-hydrogen) atoms. The van der Waals surface area contributed by atoms with Crippen LogP contribution in [-0.2, 0) is 6.18 Å². The minimum atomic E-state index is -4.42. The molecule has 0 radical (unpaired) electrons. The number of nitrogens with one attached hydrogen (secondary N) is 3. The summed E-state index contributed by atoms with van der Waals surface area (Å²) >= 11 is 4.90. The molecule has 0 saturated carbocycles. The Balaban J connectivity index is 2.63. The van der Waals surface area contributed by atoms with Crippen molar-refractivity contribution in [3.8, 4) is 0 Å². The smallest absolute Gasteiger partial charge is 0.358 e. The molecular weight excluding hydrogens is 275 g/mol. The van der Waals surface area contributed by atoms with Crippen LogP contribution in [0.4, 0.5) is 18.9 Å². The van der Waals surface area contributed by atoms with Gasteiger partial charge in [-0.25, -0.2) is 0 Å². The standard InChI is InChI=1S/C12H14F3N3S/c1-8(2)7-16-11(19)18-17-10-6-4-3-5-9(10)12(13,14)15/h3-6,17H,1,7H2,2H3,(H2,16,18,19). The number of anilines is 1. The van der Waals surface area contributed by atoms with Crippen molar-refractivity contribution in [1.29, 1.82) is 0 Å². The summed E-state index contributed by atoms with van der Waals surface area (Å²) in [5.41, 5.74) is 4.95. The van der Waals surface area contributed by atoms with E-state index >= 15 is 0 Å². The Bertz CT molecular complexity index is 472. The van der Waals surface area contributed by atoms with Crippen molar-refractivity contribution in [2.75, 3.05) is 12.0 Å². The Morgan fingerprint density at radius 1 is 1.32 bits per heavy atom. The lowest BCUT2D eigenvalue weighted by Crippen LogP contribution is -2.39. The molecule has 1 rings (SSSR count). The zero-order valence-corrected chi connectivity index (χ0v) is 11.1. The molecule has 0 spiro atoms. The summed E-state index contributed by atoms with van der Waals surface area (Å²) in [4.78, 5) is 0. The molecule has 0 saturated heterocycles. The Morgan fingerprint density at radius 2 is 1.95 bits per heavy atom. The van der Waals surface area contributed by atoms with Gasteiger partial charge in [0.05, 0.1) is 11.3 Å². The van der Waals surface area contributed by atoms with E-state index in [4.69, 9.17) is 12.2 Å². The summed E-state index contributed by atoms with van der Waals surface area (Å²) < 4.78 is 38.1. The minimum absolute atomic E-state index is 0.0884. The molecule has 0 atom stereocenters. The molecule has 7 heteroatoms. The monoisotopic (exact) mass is 289 g/mol. The predicted molar refractivity (Wildman–Crippen MR) is 73.6 cm³/mol. The van der Waals surface area contributed by atoms with Crippen molar-refractivity contribution in [1.82, 2.24) is 10.7 Å². The van der Waals surface area contributed by atoms with Gasteiger partial charge in [-0.15, -0.1) is 0 Å². The third-order valence-electron chi connectivity index (χ3n) is 2.09. The highest BCUT2D eigenvalue weighted by molar-refractivity contribution is 7.80. The van der Waals surface area contributed by atoms with Crippen LogP contribution in [0.3, 0.4) is 0 Å². The molecule has 0 aliphatic carbocycles. The van der Waals surface area contributed by atoms with Gasteiger partial charge in [0.2, 0.25) is 0 Å². The molecule has 3 nitrogen and oxygen atoms in total. The summed E-state index contributed by atoms with van der Waals surface area (Å²) in [6, 6.07) is 5.14. The van der Waals surface area contributed by atoms with E-state index in [2.05, 4.69) is 22.7 Å². The first-order chi connectivity index (χ1) is 8.80. The van der Waals surface area contributed by atoms with Gasteiger partial charge in [0.1, 0.15) is 0 Å². The summed E-state index contributed by atoms with van der Waals surface area (Å²) in [6.45, 7) is 5.93. The lowest BCUT2D eigenvalue weighted by molar-refractivity contribution is -0.137. The largest absolute Gasteiger partial charge is 0.418 e. The maximum absolute atomic E-state index is 12.7. The van der Waals surface area contributed by atoms with Gasteiger partial charge < -0.3 is 5.32 Å². The maximum atomic E-state index is 12.7. The van der Waals surface area contributed by atoms with Gasteiger partial charge in [-0.2, -0.15) is 13.2 Å². The van der Waals surface area contributed by atoms with Crippen LogP contribution < -0.4 is 16.2 Å². The number of rotatable bonds is 4. The summed E-state index contributed by atoms with van der Waals surface area (Å²) in [5.74, 6) is 0. The number of hydrazine groups is 1. The third kappa shape index (κ3) is 5.17. The molecule has 1 aromatic carbocycles. The molecule has 0 aromatic heterocycles. The van der Waals surface area contributed by atoms with Crippen LogP contribution in [0, 0.1) is 0 Å². The molecule has 0 aliphatic heterocycles. The molecule has 0 heterocycles. The topological polar surface area (TPSA) is 36.1 Å². The van der Waals surface area contributed by atoms with E-state index in [-0.39, 0.29) is 10.8 Å². The van der Waals surface area contributed by atoms with E-state index < -0.39 is 11.7 Å². The van der Waals surface area contributed by atoms with Crippen molar-refractivity contribution in [2.45, 2.75) is 13.1 Å². The van der Waals surface area contributed by atoms with Gasteiger partial charge in [-0.3, -0.25) is 10.9 Å². The second-order valence-electron chi connectivity index (χ2n) is 3.93. The molecule has 0 amide bonds. The number of thiocarbonyl (C=S) groups is 1. The Kier molecular flexibility index (Phi) is 5.17. The van der Waals surface area contributed by atoms with Crippen LogP contribution >= 0.6 is 12.2 Å². The number of halogens is 3. The molecular formula is C12H14F3N3S. The van der Waals surface area contributed by atoms with Crippen LogP contribution in [0.1, 0.15) is 12.5 Å². The van der Waals surface area contributed by atoms with Crippen molar-refractivity contribution >= 4 is 23.0 Å². The molecule has 104 valence electrons. The van der Waals surface area contributed by atoms with Gasteiger partial charge in [-0.1, -0.05) is 24.3 Å². The summed E-state index contributed by atoms with van der Waals surface area (Å²) in [5, 5.41) is 2.98. The summed E-state index contributed by atoms with van der Waals surface area (Å²) in [7, 11) is 0. The lowest BCUT2D eigenvalue weighted by atomic mass is 10.2. The van der Waals surface area contributed by atoms with Crippen LogP contribution in [0.2, 0.25) is 0 Å².